The molecule has 0 amide bonds. The zero-order valence-electron chi connectivity index (χ0n) is 17.0. The highest BCUT2D eigenvalue weighted by atomic mass is 32.2. The van der Waals surface area contributed by atoms with Gasteiger partial charge in [0.05, 0.1) is 19.8 Å². The van der Waals surface area contributed by atoms with E-state index in [0.29, 0.717) is 0 Å². The molecule has 0 aliphatic rings. The highest BCUT2D eigenvalue weighted by Gasteiger charge is 2.35. The summed E-state index contributed by atoms with van der Waals surface area (Å²) in [4.78, 5) is 0. The van der Waals surface area contributed by atoms with Crippen LogP contribution >= 0.6 is 0 Å². The zero-order valence-corrected chi connectivity index (χ0v) is 19.5. The Labute approximate surface area is 192 Å². The van der Waals surface area contributed by atoms with E-state index in [4.69, 9.17) is 29.0 Å². The van der Waals surface area contributed by atoms with Crippen LogP contribution in [0.4, 0.5) is 39.5 Å². The molecule has 0 aromatic rings. The van der Waals surface area contributed by atoms with Crippen LogP contribution in [0, 0.1) is 5.41 Å². The van der Waals surface area contributed by atoms with Crippen LogP contribution in [-0.2, 0) is 30.4 Å². The van der Waals surface area contributed by atoms with Gasteiger partial charge >= 0.3 is 18.5 Å². The van der Waals surface area contributed by atoms with Gasteiger partial charge in [-0.1, -0.05) is 6.92 Å². The van der Waals surface area contributed by atoms with Crippen molar-refractivity contribution in [2.75, 3.05) is 37.1 Å². The average Bonchev–Trinajstić information content (AvgIpc) is 2.45. The van der Waals surface area contributed by atoms with Crippen LogP contribution in [0.15, 0.2) is 0 Å². The van der Waals surface area contributed by atoms with Crippen molar-refractivity contribution in [3.05, 3.63) is 0 Å². The number of hydrogen-bond acceptors (Lipinski definition) is 9. The monoisotopic (exact) mass is 612 g/mol. The van der Waals surface area contributed by atoms with Crippen molar-refractivity contribution < 1.29 is 93.7 Å². The highest BCUT2D eigenvalue weighted by molar-refractivity contribution is 7.86. The molecule has 0 rings (SSSR count). The van der Waals surface area contributed by atoms with Gasteiger partial charge < -0.3 is 15.3 Å². The summed E-state index contributed by atoms with van der Waals surface area (Å²) in [6.07, 6.45) is -14.6. The first-order valence-electron chi connectivity index (χ1n) is 7.68. The molecule has 0 aliphatic carbocycles. The van der Waals surface area contributed by atoms with Gasteiger partial charge in [0.15, 0.2) is 17.3 Å². The van der Waals surface area contributed by atoms with Gasteiger partial charge in [0.1, 0.15) is 0 Å². The molecule has 0 aliphatic heterocycles. The van der Waals surface area contributed by atoms with E-state index >= 15 is 0 Å². The summed E-state index contributed by atoms with van der Waals surface area (Å²) in [6.45, 7) is 1.06. The van der Waals surface area contributed by atoms with Crippen molar-refractivity contribution in [2.24, 2.45) is 5.41 Å². The Kier molecular flexibility index (Phi) is 18.0. The standard InChI is InChI=1S/C5H12O3.3C2H3F3O3S/c1-5(2-6,3-7)4-8;3*3-2(4,5)1-9(6,7)8/h6-8H,2-4H2,1H3;3*1H2,(H,6,7,8). The molecule has 0 saturated heterocycles. The average molecular weight is 612 g/mol. The normalized spacial score (nSPS) is 13.4. The fourth-order valence-electron chi connectivity index (χ4n) is 0.770. The number of rotatable bonds is 6. The molecule has 6 N–H and O–H groups in total. The van der Waals surface area contributed by atoms with Crippen LogP contribution in [0.2, 0.25) is 0 Å². The largest absolute Gasteiger partial charge is 0.405 e. The van der Waals surface area contributed by atoms with Crippen LogP contribution in [0.3, 0.4) is 0 Å². The van der Waals surface area contributed by atoms with Crippen molar-refractivity contribution in [1.29, 1.82) is 0 Å². The smallest absolute Gasteiger partial charge is 0.396 e. The van der Waals surface area contributed by atoms with E-state index in [0.717, 1.165) is 0 Å². The lowest BCUT2D eigenvalue weighted by molar-refractivity contribution is -0.108. The first kappa shape index (κ1) is 41.1. The highest BCUT2D eigenvalue weighted by Crippen LogP contribution is 2.17. The molecule has 0 heterocycles. The molecule has 24 heteroatoms. The van der Waals surface area contributed by atoms with Gasteiger partial charge in [0, 0.05) is 5.41 Å². The van der Waals surface area contributed by atoms with Crippen molar-refractivity contribution in [3.63, 3.8) is 0 Å². The minimum atomic E-state index is -4.91. The second-order valence-electron chi connectivity index (χ2n) is 6.31. The van der Waals surface area contributed by atoms with E-state index in [-0.39, 0.29) is 19.8 Å². The minimum Gasteiger partial charge on any atom is -0.396 e. The van der Waals surface area contributed by atoms with Gasteiger partial charge in [-0.25, -0.2) is 0 Å². The number of alkyl halides is 9. The Morgan fingerprint density at radius 1 is 0.486 bits per heavy atom. The third-order valence-corrected chi connectivity index (χ3v) is 4.26. The molecule has 12 nitrogen and oxygen atoms in total. The molecule has 218 valence electrons. The number of hydrogen-bond donors (Lipinski definition) is 6. The summed E-state index contributed by atoms with van der Waals surface area (Å²) < 4.78 is 179. The minimum absolute atomic E-state index is 0.181. The third-order valence-electron chi connectivity index (χ3n) is 2.18. The fraction of sp³-hybridized carbons (Fsp3) is 1.00. The lowest BCUT2D eigenvalue weighted by Crippen LogP contribution is -2.29. The summed E-state index contributed by atoms with van der Waals surface area (Å²) in [5.74, 6) is -6.54. The molecular weight excluding hydrogens is 591 g/mol. The maximum atomic E-state index is 11.0. The van der Waals surface area contributed by atoms with Crippen molar-refractivity contribution >= 4 is 30.4 Å². The predicted molar refractivity (Wildman–Crippen MR) is 96.8 cm³/mol. The molecule has 0 aromatic heterocycles. The lowest BCUT2D eigenvalue weighted by atomic mass is 9.95. The van der Waals surface area contributed by atoms with E-state index in [1.807, 2.05) is 0 Å². The Morgan fingerprint density at radius 3 is 0.629 bits per heavy atom. The Balaban J connectivity index is -0.000000183. The van der Waals surface area contributed by atoms with E-state index in [2.05, 4.69) is 0 Å². The molecular formula is C11H21F9O12S3. The van der Waals surface area contributed by atoms with Gasteiger partial charge in [0.2, 0.25) is 0 Å². The van der Waals surface area contributed by atoms with Crippen molar-refractivity contribution in [1.82, 2.24) is 0 Å². The van der Waals surface area contributed by atoms with Gasteiger partial charge in [-0.15, -0.1) is 0 Å². The van der Waals surface area contributed by atoms with Gasteiger partial charge in [-0.3, -0.25) is 13.7 Å². The summed E-state index contributed by atoms with van der Waals surface area (Å²) in [6, 6.07) is 0. The Morgan fingerprint density at radius 2 is 0.629 bits per heavy atom. The van der Waals surface area contributed by atoms with Crippen molar-refractivity contribution in [3.8, 4) is 0 Å². The molecule has 0 radical (unpaired) electrons. The SMILES string of the molecule is CC(CO)(CO)CO.O=S(=O)(O)CC(F)(F)F.O=S(=O)(O)CC(F)(F)F.O=S(=O)(O)CC(F)(F)F. The van der Waals surface area contributed by atoms with Gasteiger partial charge in [-0.05, 0) is 0 Å². The van der Waals surface area contributed by atoms with E-state index < -0.39 is 71.6 Å². The second kappa shape index (κ2) is 15.3. The number of halogens is 9. The van der Waals surface area contributed by atoms with Crippen molar-refractivity contribution in [2.45, 2.75) is 25.5 Å². The summed E-state index contributed by atoms with van der Waals surface area (Å²) in [5, 5.41) is 25.4. The fourth-order valence-corrected chi connectivity index (χ4v) is 2.01. The maximum Gasteiger partial charge on any atom is 0.405 e. The molecule has 0 aromatic carbocycles. The first-order valence-corrected chi connectivity index (χ1v) is 12.5. The summed E-state index contributed by atoms with van der Waals surface area (Å²) in [5.41, 5.74) is -0.708. The van der Waals surface area contributed by atoms with E-state index in [1.165, 1.54) is 0 Å². The molecule has 0 unspecified atom stereocenters. The predicted octanol–water partition coefficient (Wildman–Crippen LogP) is 0.279. The quantitative estimate of drug-likeness (QED) is 0.176. The van der Waals surface area contributed by atoms with Crippen LogP contribution < -0.4 is 0 Å². The summed E-state index contributed by atoms with van der Waals surface area (Å²) >= 11 is 0. The number of aliphatic hydroxyl groups excluding tert-OH is 3. The molecule has 0 spiro atoms. The maximum absolute atomic E-state index is 11.0. The van der Waals surface area contributed by atoms with Crippen LogP contribution in [0.5, 0.6) is 0 Å². The van der Waals surface area contributed by atoms with E-state index in [9.17, 15) is 64.8 Å². The lowest BCUT2D eigenvalue weighted by Gasteiger charge is -2.20. The van der Waals surface area contributed by atoms with E-state index in [1.54, 1.807) is 6.92 Å². The molecule has 0 bridgehead atoms. The first-order chi connectivity index (χ1) is 14.8. The molecule has 0 atom stereocenters. The topological polar surface area (TPSA) is 224 Å². The zero-order chi connectivity index (χ0) is 29.7. The van der Waals surface area contributed by atoms with Crippen LogP contribution in [0.25, 0.3) is 0 Å². The molecule has 0 saturated carbocycles. The molecule has 0 fully saturated rings. The number of aliphatic hydroxyl groups is 3. The van der Waals surface area contributed by atoms with Crippen LogP contribution in [0.1, 0.15) is 6.92 Å². The molecule has 35 heavy (non-hydrogen) atoms. The Hall–Kier alpha value is -1.02. The van der Waals surface area contributed by atoms with Gasteiger partial charge in [-0.2, -0.15) is 64.8 Å². The Bertz CT molecular complexity index is 774. The third kappa shape index (κ3) is 46.9. The summed E-state index contributed by atoms with van der Waals surface area (Å²) in [7, 11) is -14.7. The van der Waals surface area contributed by atoms with Gasteiger partial charge in [0.25, 0.3) is 30.4 Å². The van der Waals surface area contributed by atoms with Crippen LogP contribution in [-0.4, -0.2) is 110 Å². The second-order valence-corrected chi connectivity index (χ2v) is 10.7.